The standard InChI is InChI=1S/C24H31F2N3O4S/c1-34(30,31)28-21-13-14-29(19-9-12-23(27-15-19)33-24(25)26)22(21)16-32-20-10-7-18(8-11-20)17-5-3-2-4-6-17/h2-6,9,12,15,18,20-22,24,28H,7-8,10-11,13-14,16H2,1H3/t18?,20?,21-,22-/m0/s1. The third kappa shape index (κ3) is 6.64. The number of halogens is 2. The summed E-state index contributed by atoms with van der Waals surface area (Å²) < 4.78 is 62.1. The van der Waals surface area contributed by atoms with Crippen LogP contribution in [0.25, 0.3) is 0 Å². The smallest absolute Gasteiger partial charge is 0.388 e. The van der Waals surface area contributed by atoms with Crippen LogP contribution in [0.4, 0.5) is 14.5 Å². The summed E-state index contributed by atoms with van der Waals surface area (Å²) in [6.07, 6.45) is 7.38. The van der Waals surface area contributed by atoms with Gasteiger partial charge in [-0.1, -0.05) is 30.3 Å². The molecule has 1 aromatic carbocycles. The highest BCUT2D eigenvalue weighted by Crippen LogP contribution is 2.35. The van der Waals surface area contributed by atoms with Crippen LogP contribution in [-0.4, -0.2) is 57.6 Å². The quantitative estimate of drug-likeness (QED) is 0.568. The molecule has 1 aromatic heterocycles. The van der Waals surface area contributed by atoms with Crippen molar-refractivity contribution in [3.63, 3.8) is 0 Å². The second-order valence-electron chi connectivity index (χ2n) is 9.00. The molecule has 2 heterocycles. The van der Waals surface area contributed by atoms with E-state index in [1.165, 1.54) is 17.8 Å². The van der Waals surface area contributed by atoms with Gasteiger partial charge in [0.15, 0.2) is 0 Å². The number of alkyl halides is 2. The van der Waals surface area contributed by atoms with E-state index in [2.05, 4.69) is 38.7 Å². The topological polar surface area (TPSA) is 80.8 Å². The number of sulfonamides is 1. The van der Waals surface area contributed by atoms with Gasteiger partial charge in [-0.15, -0.1) is 0 Å². The first-order valence-electron chi connectivity index (χ1n) is 11.6. The maximum atomic E-state index is 12.4. The molecule has 0 bridgehead atoms. The van der Waals surface area contributed by atoms with Gasteiger partial charge in [-0.05, 0) is 49.7 Å². The number of hydrogen-bond donors (Lipinski definition) is 1. The molecule has 34 heavy (non-hydrogen) atoms. The molecular formula is C24H31F2N3O4S. The number of aromatic nitrogens is 1. The first-order valence-corrected chi connectivity index (χ1v) is 13.5. The van der Waals surface area contributed by atoms with Gasteiger partial charge >= 0.3 is 6.61 Å². The van der Waals surface area contributed by atoms with Crippen molar-refractivity contribution in [3.05, 3.63) is 54.2 Å². The Kier molecular flexibility index (Phi) is 8.00. The van der Waals surface area contributed by atoms with E-state index in [-0.39, 0.29) is 24.1 Å². The Bertz CT molecular complexity index is 1020. The fourth-order valence-corrected chi connectivity index (χ4v) is 5.84. The fourth-order valence-electron chi connectivity index (χ4n) is 5.02. The van der Waals surface area contributed by atoms with Gasteiger partial charge in [0.05, 0.1) is 36.9 Å². The van der Waals surface area contributed by atoms with Crippen molar-refractivity contribution >= 4 is 15.7 Å². The summed E-state index contributed by atoms with van der Waals surface area (Å²) in [7, 11) is -3.40. The Hall–Kier alpha value is -2.30. The lowest BCUT2D eigenvalue weighted by Crippen LogP contribution is -2.48. The highest BCUT2D eigenvalue weighted by Gasteiger charge is 2.37. The summed E-state index contributed by atoms with van der Waals surface area (Å²) in [4.78, 5) is 5.99. The van der Waals surface area contributed by atoms with E-state index in [0.29, 0.717) is 31.2 Å². The molecule has 0 radical (unpaired) electrons. The number of nitrogens with one attached hydrogen (secondary N) is 1. The van der Waals surface area contributed by atoms with E-state index < -0.39 is 16.6 Å². The average Bonchev–Trinajstić information content (AvgIpc) is 3.19. The van der Waals surface area contributed by atoms with Crippen LogP contribution in [0.1, 0.15) is 43.6 Å². The number of benzene rings is 1. The van der Waals surface area contributed by atoms with Crippen LogP contribution in [0.15, 0.2) is 48.7 Å². The second kappa shape index (κ2) is 11.0. The molecular weight excluding hydrogens is 464 g/mol. The number of ether oxygens (including phenoxy) is 2. The van der Waals surface area contributed by atoms with Crippen LogP contribution in [-0.2, 0) is 14.8 Å². The van der Waals surface area contributed by atoms with Gasteiger partial charge in [-0.25, -0.2) is 18.1 Å². The fraction of sp³-hybridized carbons (Fsp3) is 0.542. The SMILES string of the molecule is CS(=O)(=O)N[C@H]1CCN(c2ccc(OC(F)F)nc2)[C@H]1COC1CCC(c2ccccc2)CC1. The van der Waals surface area contributed by atoms with Gasteiger partial charge in [-0.3, -0.25) is 0 Å². The monoisotopic (exact) mass is 495 g/mol. The molecule has 1 saturated heterocycles. The van der Waals surface area contributed by atoms with Crippen molar-refractivity contribution in [2.75, 3.05) is 24.3 Å². The Balaban J connectivity index is 1.39. The molecule has 7 nitrogen and oxygen atoms in total. The number of hydrogen-bond acceptors (Lipinski definition) is 6. The lowest BCUT2D eigenvalue weighted by atomic mass is 9.83. The van der Waals surface area contributed by atoms with Crippen LogP contribution in [0.5, 0.6) is 5.88 Å². The van der Waals surface area contributed by atoms with E-state index in [1.807, 2.05) is 11.0 Å². The van der Waals surface area contributed by atoms with Crippen LogP contribution in [0.3, 0.4) is 0 Å². The molecule has 0 amide bonds. The molecule has 2 aromatic rings. The van der Waals surface area contributed by atoms with Crippen LogP contribution < -0.4 is 14.4 Å². The third-order valence-corrected chi connectivity index (χ3v) is 7.35. The van der Waals surface area contributed by atoms with Crippen molar-refractivity contribution in [2.45, 2.75) is 62.8 Å². The third-order valence-electron chi connectivity index (χ3n) is 6.62. The molecule has 1 aliphatic heterocycles. The molecule has 10 heteroatoms. The van der Waals surface area contributed by atoms with Crippen LogP contribution in [0, 0.1) is 0 Å². The van der Waals surface area contributed by atoms with Gasteiger partial charge in [0.25, 0.3) is 0 Å². The van der Waals surface area contributed by atoms with E-state index in [0.717, 1.165) is 31.9 Å². The molecule has 2 fully saturated rings. The van der Waals surface area contributed by atoms with Crippen LogP contribution in [0.2, 0.25) is 0 Å². The van der Waals surface area contributed by atoms with Crippen molar-refractivity contribution < 1.29 is 26.7 Å². The summed E-state index contributed by atoms with van der Waals surface area (Å²) >= 11 is 0. The molecule has 2 atom stereocenters. The maximum absolute atomic E-state index is 12.4. The lowest BCUT2D eigenvalue weighted by Gasteiger charge is -2.33. The first kappa shape index (κ1) is 24.8. The minimum absolute atomic E-state index is 0.126. The molecule has 1 saturated carbocycles. The maximum Gasteiger partial charge on any atom is 0.388 e. The molecule has 0 spiro atoms. The molecule has 186 valence electrons. The minimum atomic E-state index is -3.40. The largest absolute Gasteiger partial charge is 0.417 e. The van der Waals surface area contributed by atoms with Gasteiger partial charge in [0.1, 0.15) is 0 Å². The van der Waals surface area contributed by atoms with E-state index >= 15 is 0 Å². The highest BCUT2D eigenvalue weighted by atomic mass is 32.2. The number of rotatable bonds is 9. The summed E-state index contributed by atoms with van der Waals surface area (Å²) in [6, 6.07) is 13.0. The van der Waals surface area contributed by atoms with Crippen molar-refractivity contribution in [1.82, 2.24) is 9.71 Å². The van der Waals surface area contributed by atoms with Crippen molar-refractivity contribution in [2.24, 2.45) is 0 Å². The molecule has 0 unspecified atom stereocenters. The summed E-state index contributed by atoms with van der Waals surface area (Å²) in [6.45, 7) is -1.98. The van der Waals surface area contributed by atoms with E-state index in [1.54, 1.807) is 6.07 Å². The Morgan fingerprint density at radius 3 is 2.44 bits per heavy atom. The average molecular weight is 496 g/mol. The van der Waals surface area contributed by atoms with E-state index in [4.69, 9.17) is 4.74 Å². The molecule has 1 N–H and O–H groups in total. The Morgan fingerprint density at radius 2 is 1.82 bits per heavy atom. The van der Waals surface area contributed by atoms with E-state index in [9.17, 15) is 17.2 Å². The number of nitrogens with zero attached hydrogens (tertiary/aromatic N) is 2. The lowest BCUT2D eigenvalue weighted by molar-refractivity contribution is -0.0528. The van der Waals surface area contributed by atoms with Crippen LogP contribution >= 0.6 is 0 Å². The molecule has 1 aliphatic carbocycles. The predicted octanol–water partition coefficient (Wildman–Crippen LogP) is 3.92. The summed E-state index contributed by atoms with van der Waals surface area (Å²) in [5, 5.41) is 0. The number of anilines is 1. The molecule has 4 rings (SSSR count). The minimum Gasteiger partial charge on any atom is -0.417 e. The van der Waals surface area contributed by atoms with Gasteiger partial charge in [0.2, 0.25) is 15.9 Å². The highest BCUT2D eigenvalue weighted by molar-refractivity contribution is 7.88. The van der Waals surface area contributed by atoms with Gasteiger partial charge in [-0.2, -0.15) is 8.78 Å². The first-order chi connectivity index (χ1) is 16.3. The zero-order valence-electron chi connectivity index (χ0n) is 19.1. The van der Waals surface area contributed by atoms with Crippen molar-refractivity contribution in [1.29, 1.82) is 0 Å². The summed E-state index contributed by atoms with van der Waals surface area (Å²) in [5.41, 5.74) is 2.08. The predicted molar refractivity (Wildman–Crippen MR) is 126 cm³/mol. The van der Waals surface area contributed by atoms with Gasteiger partial charge in [0, 0.05) is 18.7 Å². The summed E-state index contributed by atoms with van der Waals surface area (Å²) in [5.74, 6) is 0.385. The van der Waals surface area contributed by atoms with Crippen molar-refractivity contribution in [3.8, 4) is 5.88 Å². The second-order valence-corrected chi connectivity index (χ2v) is 10.8. The Morgan fingerprint density at radius 1 is 1.09 bits per heavy atom. The molecule has 2 aliphatic rings. The number of pyridine rings is 1. The Labute approximate surface area is 199 Å². The van der Waals surface area contributed by atoms with Gasteiger partial charge < -0.3 is 14.4 Å². The zero-order valence-corrected chi connectivity index (χ0v) is 20.0. The normalized spacial score (nSPS) is 25.6. The zero-order chi connectivity index (χ0) is 24.1.